The predicted octanol–water partition coefficient (Wildman–Crippen LogP) is 3.34. The van der Waals surface area contributed by atoms with Crippen LogP contribution < -0.4 is 4.90 Å². The lowest BCUT2D eigenvalue weighted by atomic mass is 10.1. The van der Waals surface area contributed by atoms with Gasteiger partial charge in [-0.3, -0.25) is 14.4 Å². The van der Waals surface area contributed by atoms with Gasteiger partial charge < -0.3 is 14.5 Å². The number of likely N-dealkylation sites (tertiary alicyclic amines) is 1. The van der Waals surface area contributed by atoms with Gasteiger partial charge in [0, 0.05) is 37.3 Å². The third kappa shape index (κ3) is 4.70. The summed E-state index contributed by atoms with van der Waals surface area (Å²) in [6.45, 7) is 2.58. The number of nitrogens with zero attached hydrogens (tertiary/aromatic N) is 2. The highest BCUT2D eigenvalue weighted by molar-refractivity contribution is 5.95. The van der Waals surface area contributed by atoms with E-state index in [1.165, 1.54) is 0 Å². The molecule has 2 heterocycles. The number of amides is 2. The highest BCUT2D eigenvalue weighted by Crippen LogP contribution is 2.22. The first kappa shape index (κ1) is 20.1. The first-order valence-corrected chi connectivity index (χ1v) is 10.5. The van der Waals surface area contributed by atoms with Gasteiger partial charge in [-0.25, -0.2) is 0 Å². The Kier molecular flexibility index (Phi) is 6.12. The molecule has 6 heteroatoms. The van der Waals surface area contributed by atoms with Crippen LogP contribution in [0.3, 0.4) is 0 Å². The summed E-state index contributed by atoms with van der Waals surface area (Å²) in [5.41, 5.74) is 3.24. The first-order chi connectivity index (χ1) is 14.6. The van der Waals surface area contributed by atoms with Crippen molar-refractivity contribution in [3.05, 3.63) is 65.2 Å². The average Bonchev–Trinajstić information content (AvgIpc) is 3.45. The van der Waals surface area contributed by atoms with Gasteiger partial charge in [-0.2, -0.15) is 0 Å². The van der Waals surface area contributed by atoms with E-state index >= 15 is 0 Å². The molecule has 2 aromatic rings. The zero-order valence-corrected chi connectivity index (χ0v) is 17.0. The third-order valence-corrected chi connectivity index (χ3v) is 5.66. The summed E-state index contributed by atoms with van der Waals surface area (Å²) < 4.78 is 5.38. The van der Waals surface area contributed by atoms with Crippen LogP contribution in [0, 0.1) is 0 Å². The van der Waals surface area contributed by atoms with E-state index in [9.17, 15) is 14.4 Å². The lowest BCUT2D eigenvalue weighted by molar-refractivity contribution is -0.144. The van der Waals surface area contributed by atoms with Crippen molar-refractivity contribution in [1.29, 1.82) is 0 Å². The normalized spacial score (nSPS) is 16.2. The lowest BCUT2D eigenvalue weighted by Gasteiger charge is -2.16. The molecule has 0 spiro atoms. The first-order valence-electron chi connectivity index (χ1n) is 10.5. The number of rotatable bonds is 6. The minimum atomic E-state index is -0.308. The number of hydrogen-bond acceptors (Lipinski definition) is 4. The average molecular weight is 406 g/mol. The topological polar surface area (TPSA) is 66.9 Å². The highest BCUT2D eigenvalue weighted by atomic mass is 16.5. The molecular formula is C24H26N2O4. The van der Waals surface area contributed by atoms with Gasteiger partial charge in [0.25, 0.3) is 5.91 Å². The Labute approximate surface area is 176 Å². The van der Waals surface area contributed by atoms with Gasteiger partial charge in [0.2, 0.25) is 5.91 Å². The Morgan fingerprint density at radius 2 is 1.50 bits per heavy atom. The largest absolute Gasteiger partial charge is 0.461 e. The second-order valence-electron chi connectivity index (χ2n) is 7.85. The van der Waals surface area contributed by atoms with Crippen LogP contribution in [0.15, 0.2) is 48.5 Å². The van der Waals surface area contributed by atoms with Crippen LogP contribution in [0.5, 0.6) is 0 Å². The number of carbonyl (C=O) groups excluding carboxylic acids is 3. The van der Waals surface area contributed by atoms with E-state index in [0.29, 0.717) is 12.0 Å². The van der Waals surface area contributed by atoms with Crippen LogP contribution in [0.25, 0.3) is 0 Å². The summed E-state index contributed by atoms with van der Waals surface area (Å²) in [5, 5.41) is 0. The third-order valence-electron chi connectivity index (χ3n) is 5.66. The lowest BCUT2D eigenvalue weighted by Crippen LogP contribution is -2.27. The molecule has 2 aromatic carbocycles. The van der Waals surface area contributed by atoms with Gasteiger partial charge >= 0.3 is 5.97 Å². The van der Waals surface area contributed by atoms with E-state index in [1.54, 1.807) is 17.0 Å². The van der Waals surface area contributed by atoms with Crippen molar-refractivity contribution in [2.24, 2.45) is 0 Å². The molecule has 6 nitrogen and oxygen atoms in total. The number of hydrogen-bond donors (Lipinski definition) is 0. The molecule has 2 amide bonds. The Hall–Kier alpha value is -3.15. The number of anilines is 1. The monoisotopic (exact) mass is 406 g/mol. The molecular weight excluding hydrogens is 380 g/mol. The molecule has 2 aliphatic rings. The molecule has 0 aliphatic carbocycles. The maximum atomic E-state index is 12.4. The Balaban J connectivity index is 1.26. The molecule has 0 radical (unpaired) electrons. The van der Waals surface area contributed by atoms with Crippen LogP contribution in [0.4, 0.5) is 5.69 Å². The quantitative estimate of drug-likeness (QED) is 0.690. The fraction of sp³-hybridized carbons (Fsp3) is 0.375. The Morgan fingerprint density at radius 1 is 0.833 bits per heavy atom. The van der Waals surface area contributed by atoms with Gasteiger partial charge in [0.1, 0.15) is 6.61 Å². The molecule has 2 fully saturated rings. The van der Waals surface area contributed by atoms with Gasteiger partial charge in [-0.1, -0.05) is 24.3 Å². The van der Waals surface area contributed by atoms with Gasteiger partial charge in [-0.15, -0.1) is 0 Å². The summed E-state index contributed by atoms with van der Waals surface area (Å²) in [6, 6.07) is 14.7. The molecule has 0 saturated carbocycles. The molecule has 4 rings (SSSR count). The number of esters is 1. The maximum Gasteiger partial charge on any atom is 0.310 e. The van der Waals surface area contributed by atoms with Gasteiger partial charge in [0.05, 0.1) is 6.42 Å². The summed E-state index contributed by atoms with van der Waals surface area (Å²) >= 11 is 0. The Morgan fingerprint density at radius 3 is 2.13 bits per heavy atom. The van der Waals surface area contributed by atoms with Crippen LogP contribution >= 0.6 is 0 Å². The standard InChI is InChI=1S/C24H26N2O4/c27-22-4-3-15-26(22)21-11-7-18(8-12-21)16-23(28)30-17-19-5-9-20(10-6-19)24(29)25-13-1-2-14-25/h5-12H,1-4,13-17H2. The minimum absolute atomic E-state index is 0.0649. The van der Waals surface area contributed by atoms with Crippen molar-refractivity contribution in [3.8, 4) is 0 Å². The van der Waals surface area contributed by atoms with Crippen LogP contribution in [-0.2, 0) is 27.4 Å². The van der Waals surface area contributed by atoms with E-state index in [-0.39, 0.29) is 30.8 Å². The van der Waals surface area contributed by atoms with E-state index in [2.05, 4.69) is 0 Å². The van der Waals surface area contributed by atoms with Crippen LogP contribution in [0.2, 0.25) is 0 Å². The van der Waals surface area contributed by atoms with Crippen molar-refractivity contribution in [2.45, 2.75) is 38.7 Å². The molecule has 2 aliphatic heterocycles. The molecule has 0 aromatic heterocycles. The van der Waals surface area contributed by atoms with Crippen molar-refractivity contribution in [2.75, 3.05) is 24.5 Å². The maximum absolute atomic E-state index is 12.4. The summed E-state index contributed by atoms with van der Waals surface area (Å²) in [6.07, 6.45) is 3.80. The fourth-order valence-corrected chi connectivity index (χ4v) is 3.94. The van der Waals surface area contributed by atoms with E-state index in [1.807, 2.05) is 41.3 Å². The molecule has 156 valence electrons. The predicted molar refractivity (Wildman–Crippen MR) is 113 cm³/mol. The smallest absolute Gasteiger partial charge is 0.310 e. The SMILES string of the molecule is O=C(Cc1ccc(N2CCCC2=O)cc1)OCc1ccc(C(=O)N2CCCC2)cc1. The van der Waals surface area contributed by atoms with Crippen molar-refractivity contribution in [1.82, 2.24) is 4.90 Å². The Bertz CT molecular complexity index is 915. The van der Waals surface area contributed by atoms with Gasteiger partial charge in [-0.05, 0) is 54.7 Å². The van der Waals surface area contributed by atoms with E-state index in [0.717, 1.165) is 55.7 Å². The number of carbonyl (C=O) groups is 3. The molecule has 30 heavy (non-hydrogen) atoms. The molecule has 0 bridgehead atoms. The van der Waals surface area contributed by atoms with E-state index in [4.69, 9.17) is 4.74 Å². The van der Waals surface area contributed by atoms with Crippen LogP contribution in [-0.4, -0.2) is 42.3 Å². The van der Waals surface area contributed by atoms with E-state index < -0.39 is 0 Å². The number of benzene rings is 2. The van der Waals surface area contributed by atoms with Crippen molar-refractivity contribution < 1.29 is 19.1 Å². The van der Waals surface area contributed by atoms with Crippen LogP contribution in [0.1, 0.15) is 47.2 Å². The molecule has 0 N–H and O–H groups in total. The molecule has 2 saturated heterocycles. The summed E-state index contributed by atoms with van der Waals surface area (Å²) in [5.74, 6) is -0.0948. The molecule has 0 unspecified atom stereocenters. The van der Waals surface area contributed by atoms with Crippen molar-refractivity contribution in [3.63, 3.8) is 0 Å². The van der Waals surface area contributed by atoms with Crippen molar-refractivity contribution >= 4 is 23.5 Å². The summed E-state index contributed by atoms with van der Waals surface area (Å²) in [7, 11) is 0. The zero-order valence-electron chi connectivity index (χ0n) is 17.0. The second kappa shape index (κ2) is 9.11. The fourth-order valence-electron chi connectivity index (χ4n) is 3.94. The highest BCUT2D eigenvalue weighted by Gasteiger charge is 2.21. The number of ether oxygens (including phenoxy) is 1. The molecule has 0 atom stereocenters. The second-order valence-corrected chi connectivity index (χ2v) is 7.85. The van der Waals surface area contributed by atoms with Gasteiger partial charge in [0.15, 0.2) is 0 Å². The summed E-state index contributed by atoms with van der Waals surface area (Å²) in [4.78, 5) is 40.0. The minimum Gasteiger partial charge on any atom is -0.461 e. The zero-order chi connectivity index (χ0) is 20.9.